The van der Waals surface area contributed by atoms with Crippen LogP contribution in [0.5, 0.6) is 5.75 Å². The normalized spacial score (nSPS) is 17.5. The van der Waals surface area contributed by atoms with Crippen molar-refractivity contribution in [1.29, 1.82) is 0 Å². The first-order valence-corrected chi connectivity index (χ1v) is 11.0. The van der Waals surface area contributed by atoms with Gasteiger partial charge in [0, 0.05) is 11.1 Å². The molecule has 0 radical (unpaired) electrons. The van der Waals surface area contributed by atoms with Gasteiger partial charge in [-0.05, 0) is 48.5 Å². The number of thiazole rings is 1. The zero-order chi connectivity index (χ0) is 24.0. The van der Waals surface area contributed by atoms with E-state index < -0.39 is 35.1 Å². The maximum atomic E-state index is 14.9. The molecule has 0 saturated carbocycles. The van der Waals surface area contributed by atoms with Crippen molar-refractivity contribution < 1.29 is 28.2 Å². The van der Waals surface area contributed by atoms with Gasteiger partial charge in [-0.15, -0.1) is 0 Å². The van der Waals surface area contributed by atoms with E-state index in [0.717, 1.165) is 16.2 Å². The number of carbonyl (C=O) groups is 2. The lowest BCUT2D eigenvalue weighted by Crippen LogP contribution is -2.29. The molecule has 0 aliphatic carbocycles. The molecular weight excluding hydrogens is 462 g/mol. The average molecular weight is 478 g/mol. The standard InChI is InChI=1S/C25H16F2N2O4S/c1-33-15-9-6-13(7-10-15)22(30)20-21(16-4-2-3-5-17(16)27)29(24(32)23(20)31)25-28-18-11-8-14(26)12-19(18)34-25/h2-12,21,30H,1H3/t21-/m1/s1. The fourth-order valence-corrected chi connectivity index (χ4v) is 4.93. The fraction of sp³-hybridized carbons (Fsp3) is 0.0800. The Morgan fingerprint density at radius 2 is 1.79 bits per heavy atom. The monoisotopic (exact) mass is 478 g/mol. The maximum absolute atomic E-state index is 14.9. The SMILES string of the molecule is COc1ccc(C(O)=C2C(=O)C(=O)N(c3nc4ccc(F)cc4s3)[C@@H]2c2ccccc2F)cc1. The Bertz CT molecular complexity index is 1480. The second kappa shape index (κ2) is 8.35. The van der Waals surface area contributed by atoms with Crippen molar-refractivity contribution in [1.82, 2.24) is 4.98 Å². The number of carbonyl (C=O) groups excluding carboxylic acids is 2. The zero-order valence-corrected chi connectivity index (χ0v) is 18.5. The summed E-state index contributed by atoms with van der Waals surface area (Å²) in [4.78, 5) is 31.8. The minimum Gasteiger partial charge on any atom is -0.507 e. The third kappa shape index (κ3) is 3.50. The summed E-state index contributed by atoms with van der Waals surface area (Å²) in [5.74, 6) is -3.01. The molecule has 0 unspecified atom stereocenters. The number of aromatic nitrogens is 1. The van der Waals surface area contributed by atoms with E-state index in [1.165, 1.54) is 55.6 Å². The molecule has 1 atom stereocenters. The lowest BCUT2D eigenvalue weighted by Gasteiger charge is -2.23. The van der Waals surface area contributed by atoms with E-state index >= 15 is 0 Å². The van der Waals surface area contributed by atoms with Crippen LogP contribution < -0.4 is 9.64 Å². The summed E-state index contributed by atoms with van der Waals surface area (Å²) in [6.45, 7) is 0. The molecule has 34 heavy (non-hydrogen) atoms. The highest BCUT2D eigenvalue weighted by atomic mass is 32.1. The molecule has 1 fully saturated rings. The van der Waals surface area contributed by atoms with E-state index in [2.05, 4.69) is 4.98 Å². The minimum absolute atomic E-state index is 0.0159. The van der Waals surface area contributed by atoms with E-state index in [0.29, 0.717) is 16.0 Å². The summed E-state index contributed by atoms with van der Waals surface area (Å²) >= 11 is 0.992. The number of anilines is 1. The number of benzene rings is 3. The number of nitrogens with zero attached hydrogens (tertiary/aromatic N) is 2. The fourth-order valence-electron chi connectivity index (χ4n) is 3.91. The Hall–Kier alpha value is -4.11. The van der Waals surface area contributed by atoms with Crippen LogP contribution in [0.25, 0.3) is 16.0 Å². The van der Waals surface area contributed by atoms with Gasteiger partial charge in [0.2, 0.25) is 0 Å². The minimum atomic E-state index is -1.27. The summed E-state index contributed by atoms with van der Waals surface area (Å²) in [6.07, 6.45) is 0. The number of halogens is 2. The van der Waals surface area contributed by atoms with Crippen LogP contribution in [0.2, 0.25) is 0 Å². The van der Waals surface area contributed by atoms with Crippen molar-refractivity contribution in [3.05, 3.63) is 95.1 Å². The zero-order valence-electron chi connectivity index (χ0n) is 17.7. The average Bonchev–Trinajstić information content (AvgIpc) is 3.36. The van der Waals surface area contributed by atoms with E-state index in [-0.39, 0.29) is 21.8 Å². The number of aliphatic hydroxyl groups excluding tert-OH is 1. The van der Waals surface area contributed by atoms with Crippen molar-refractivity contribution in [2.24, 2.45) is 0 Å². The van der Waals surface area contributed by atoms with Crippen molar-refractivity contribution in [3.8, 4) is 5.75 Å². The van der Waals surface area contributed by atoms with Gasteiger partial charge in [-0.3, -0.25) is 14.5 Å². The van der Waals surface area contributed by atoms with Gasteiger partial charge in [-0.2, -0.15) is 0 Å². The first-order chi connectivity index (χ1) is 16.4. The molecule has 9 heteroatoms. The maximum Gasteiger partial charge on any atom is 0.301 e. The van der Waals surface area contributed by atoms with Crippen LogP contribution in [0.4, 0.5) is 13.9 Å². The predicted molar refractivity (Wildman–Crippen MR) is 124 cm³/mol. The number of ketones is 1. The Labute approximate surface area is 196 Å². The number of hydrogen-bond donors (Lipinski definition) is 1. The molecule has 170 valence electrons. The molecule has 1 amide bonds. The van der Waals surface area contributed by atoms with Gasteiger partial charge in [0.15, 0.2) is 5.13 Å². The van der Waals surface area contributed by atoms with Crippen LogP contribution in [0.15, 0.2) is 72.3 Å². The Kier molecular flexibility index (Phi) is 5.33. The molecule has 5 rings (SSSR count). The summed E-state index contributed by atoms with van der Waals surface area (Å²) in [6, 6.07) is 14.6. The number of hydrogen-bond acceptors (Lipinski definition) is 6. The van der Waals surface area contributed by atoms with E-state index in [1.807, 2.05) is 0 Å². The highest BCUT2D eigenvalue weighted by molar-refractivity contribution is 7.22. The van der Waals surface area contributed by atoms with Gasteiger partial charge < -0.3 is 9.84 Å². The molecule has 1 N–H and O–H groups in total. The van der Waals surface area contributed by atoms with Gasteiger partial charge in [0.25, 0.3) is 5.78 Å². The van der Waals surface area contributed by atoms with E-state index in [4.69, 9.17) is 4.74 Å². The van der Waals surface area contributed by atoms with E-state index in [1.54, 1.807) is 18.2 Å². The second-order valence-electron chi connectivity index (χ2n) is 7.53. The lowest BCUT2D eigenvalue weighted by molar-refractivity contribution is -0.132. The van der Waals surface area contributed by atoms with Gasteiger partial charge in [0.1, 0.15) is 29.2 Å². The van der Waals surface area contributed by atoms with Crippen molar-refractivity contribution in [3.63, 3.8) is 0 Å². The van der Waals surface area contributed by atoms with Crippen LogP contribution in [0.3, 0.4) is 0 Å². The summed E-state index contributed by atoms with van der Waals surface area (Å²) < 4.78 is 34.2. The Morgan fingerprint density at radius 3 is 2.50 bits per heavy atom. The first kappa shape index (κ1) is 21.7. The predicted octanol–water partition coefficient (Wildman–Crippen LogP) is 5.21. The number of methoxy groups -OCH3 is 1. The third-order valence-corrected chi connectivity index (χ3v) is 6.57. The highest BCUT2D eigenvalue weighted by Gasteiger charge is 2.49. The lowest BCUT2D eigenvalue weighted by atomic mass is 9.95. The van der Waals surface area contributed by atoms with Crippen LogP contribution in [0.1, 0.15) is 17.2 Å². The van der Waals surface area contributed by atoms with Crippen molar-refractivity contribution in [2.75, 3.05) is 12.0 Å². The van der Waals surface area contributed by atoms with Crippen LogP contribution in [-0.2, 0) is 9.59 Å². The third-order valence-electron chi connectivity index (χ3n) is 5.55. The highest BCUT2D eigenvalue weighted by Crippen LogP contribution is 2.45. The van der Waals surface area contributed by atoms with Crippen LogP contribution in [0, 0.1) is 11.6 Å². The molecular formula is C25H16F2N2O4S. The van der Waals surface area contributed by atoms with Crippen molar-refractivity contribution >= 4 is 44.1 Å². The smallest absolute Gasteiger partial charge is 0.301 e. The summed E-state index contributed by atoms with van der Waals surface area (Å²) in [5.41, 5.74) is 0.421. The number of ether oxygens (including phenoxy) is 1. The van der Waals surface area contributed by atoms with Gasteiger partial charge in [-0.25, -0.2) is 13.8 Å². The number of rotatable bonds is 4. The van der Waals surface area contributed by atoms with Crippen molar-refractivity contribution in [2.45, 2.75) is 6.04 Å². The molecule has 1 saturated heterocycles. The molecule has 1 aliphatic heterocycles. The van der Waals surface area contributed by atoms with Gasteiger partial charge >= 0.3 is 5.91 Å². The quantitative estimate of drug-likeness (QED) is 0.248. The van der Waals surface area contributed by atoms with Gasteiger partial charge in [0.05, 0.1) is 22.9 Å². The van der Waals surface area contributed by atoms with Crippen LogP contribution >= 0.6 is 11.3 Å². The second-order valence-corrected chi connectivity index (χ2v) is 8.54. The number of Topliss-reactive ketones (excluding diaryl/α,β-unsaturated/α-hetero) is 1. The molecule has 0 bridgehead atoms. The molecule has 1 aliphatic rings. The van der Waals surface area contributed by atoms with Gasteiger partial charge in [-0.1, -0.05) is 29.5 Å². The molecule has 6 nitrogen and oxygen atoms in total. The molecule has 4 aromatic rings. The van der Waals surface area contributed by atoms with E-state index in [9.17, 15) is 23.5 Å². The molecule has 0 spiro atoms. The summed E-state index contributed by atoms with van der Waals surface area (Å²) in [7, 11) is 1.49. The number of amides is 1. The number of fused-ring (bicyclic) bond motifs is 1. The molecule has 2 heterocycles. The molecule has 1 aromatic heterocycles. The largest absolute Gasteiger partial charge is 0.507 e. The number of aliphatic hydroxyl groups is 1. The van der Waals surface area contributed by atoms with Crippen LogP contribution in [-0.4, -0.2) is 28.9 Å². The summed E-state index contributed by atoms with van der Waals surface area (Å²) in [5, 5.41) is 11.2. The Balaban J connectivity index is 1.73. The topological polar surface area (TPSA) is 79.7 Å². The first-order valence-electron chi connectivity index (χ1n) is 10.1. The Morgan fingerprint density at radius 1 is 1.06 bits per heavy atom. The molecule has 3 aromatic carbocycles.